The van der Waals surface area contributed by atoms with Gasteiger partial charge in [0.1, 0.15) is 5.82 Å². The van der Waals surface area contributed by atoms with Gasteiger partial charge in [-0.2, -0.15) is 0 Å². The zero-order chi connectivity index (χ0) is 21.2. The Morgan fingerprint density at radius 2 is 1.72 bits per heavy atom. The van der Waals surface area contributed by atoms with E-state index in [2.05, 4.69) is 16.8 Å². The van der Waals surface area contributed by atoms with Gasteiger partial charge in [-0.3, -0.25) is 9.21 Å². The molecule has 0 radical (unpaired) electrons. The van der Waals surface area contributed by atoms with Crippen molar-refractivity contribution in [1.82, 2.24) is 9.80 Å². The molecule has 0 aliphatic carbocycles. The maximum Gasteiger partial charge on any atom is 0.232 e. The summed E-state index contributed by atoms with van der Waals surface area (Å²) in [6, 6.07) is 9.45. The highest BCUT2D eigenvalue weighted by Gasteiger charge is 2.21. The van der Waals surface area contributed by atoms with Gasteiger partial charge in [-0.1, -0.05) is 35.3 Å². The molecule has 3 rings (SSSR count). The summed E-state index contributed by atoms with van der Waals surface area (Å²) < 4.78 is 39.9. The fraction of sp³-hybridized carbons (Fsp3) is 0.400. The van der Waals surface area contributed by atoms with Gasteiger partial charge in [0.05, 0.1) is 22.0 Å². The number of sulfonamides is 1. The van der Waals surface area contributed by atoms with Crippen LogP contribution in [0.15, 0.2) is 36.4 Å². The van der Waals surface area contributed by atoms with E-state index in [-0.39, 0.29) is 5.02 Å². The van der Waals surface area contributed by atoms with E-state index in [1.807, 2.05) is 0 Å². The number of halogens is 3. The number of piperazine rings is 1. The molecule has 1 saturated heterocycles. The van der Waals surface area contributed by atoms with Gasteiger partial charge in [-0.25, -0.2) is 12.8 Å². The maximum absolute atomic E-state index is 13.8. The van der Waals surface area contributed by atoms with E-state index in [4.69, 9.17) is 23.2 Å². The van der Waals surface area contributed by atoms with Crippen LogP contribution >= 0.6 is 23.2 Å². The van der Waals surface area contributed by atoms with Crippen LogP contribution in [0.1, 0.15) is 0 Å². The minimum absolute atomic E-state index is 0.0358. The molecule has 0 saturated carbocycles. The Morgan fingerprint density at radius 1 is 1.03 bits per heavy atom. The summed E-state index contributed by atoms with van der Waals surface area (Å²) in [5.41, 5.74) is 1.68. The second kappa shape index (κ2) is 9.18. The molecule has 9 heteroatoms. The highest BCUT2D eigenvalue weighted by Crippen LogP contribution is 2.33. The first-order valence-electron chi connectivity index (χ1n) is 9.29. The third-order valence-corrected chi connectivity index (χ3v) is 6.90. The molecule has 2 aromatic carbocycles. The molecule has 1 fully saturated rings. The quantitative estimate of drug-likeness (QED) is 0.658. The Balaban J connectivity index is 1.81. The summed E-state index contributed by atoms with van der Waals surface area (Å²) >= 11 is 12.2. The standard InChI is InChI=1S/C20H24Cl2FN3O2S/c1-24-7-9-25(10-8-24)11-12-26(29(2,27)28)16-4-5-17(19(22)14-16)15-3-6-18(21)20(23)13-15/h3-6,13-14H,7-12H2,1-2H3. The summed E-state index contributed by atoms with van der Waals surface area (Å²) in [6.45, 7) is 4.75. The molecule has 0 N–H and O–H groups in total. The van der Waals surface area contributed by atoms with Crippen molar-refractivity contribution in [1.29, 1.82) is 0 Å². The summed E-state index contributed by atoms with van der Waals surface area (Å²) in [7, 11) is -1.40. The highest BCUT2D eigenvalue weighted by atomic mass is 35.5. The average molecular weight is 460 g/mol. The topological polar surface area (TPSA) is 43.9 Å². The Bertz CT molecular complexity index is 980. The van der Waals surface area contributed by atoms with Crippen molar-refractivity contribution in [3.63, 3.8) is 0 Å². The average Bonchev–Trinajstić information content (AvgIpc) is 2.65. The molecule has 2 aromatic rings. The monoisotopic (exact) mass is 459 g/mol. The van der Waals surface area contributed by atoms with E-state index in [0.29, 0.717) is 34.9 Å². The van der Waals surface area contributed by atoms with Crippen molar-refractivity contribution >= 4 is 38.9 Å². The number of likely N-dealkylation sites (N-methyl/N-ethyl adjacent to an activating group) is 1. The molecule has 5 nitrogen and oxygen atoms in total. The SMILES string of the molecule is CN1CCN(CCN(c2ccc(-c3ccc(Cl)c(F)c3)c(Cl)c2)S(C)(=O)=O)CC1. The van der Waals surface area contributed by atoms with Gasteiger partial charge in [0.15, 0.2) is 0 Å². The summed E-state index contributed by atoms with van der Waals surface area (Å²) in [5, 5.41) is 0.381. The van der Waals surface area contributed by atoms with Crippen LogP contribution in [0.25, 0.3) is 11.1 Å². The lowest BCUT2D eigenvalue weighted by Crippen LogP contribution is -2.47. The van der Waals surface area contributed by atoms with Crippen molar-refractivity contribution in [2.24, 2.45) is 0 Å². The number of nitrogens with zero attached hydrogens (tertiary/aromatic N) is 3. The predicted octanol–water partition coefficient (Wildman–Crippen LogP) is 3.81. The van der Waals surface area contributed by atoms with Crippen molar-refractivity contribution in [3.8, 4) is 11.1 Å². The van der Waals surface area contributed by atoms with Gasteiger partial charge in [0, 0.05) is 44.8 Å². The number of hydrogen-bond donors (Lipinski definition) is 0. The van der Waals surface area contributed by atoms with Gasteiger partial charge < -0.3 is 4.90 Å². The van der Waals surface area contributed by atoms with E-state index in [9.17, 15) is 12.8 Å². The van der Waals surface area contributed by atoms with Crippen LogP contribution < -0.4 is 4.31 Å². The molecule has 0 aromatic heterocycles. The highest BCUT2D eigenvalue weighted by molar-refractivity contribution is 7.92. The van der Waals surface area contributed by atoms with Crippen LogP contribution in [-0.4, -0.2) is 70.8 Å². The molecule has 1 aliphatic rings. The molecule has 0 spiro atoms. The molecular formula is C20H24Cl2FN3O2S. The normalized spacial score (nSPS) is 16.2. The lowest BCUT2D eigenvalue weighted by atomic mass is 10.1. The first-order valence-corrected chi connectivity index (χ1v) is 11.9. The van der Waals surface area contributed by atoms with E-state index >= 15 is 0 Å². The van der Waals surface area contributed by atoms with Crippen molar-refractivity contribution in [2.45, 2.75) is 0 Å². The van der Waals surface area contributed by atoms with Crippen molar-refractivity contribution in [2.75, 3.05) is 56.9 Å². The first kappa shape index (κ1) is 22.3. The van der Waals surface area contributed by atoms with Crippen LogP contribution in [0.4, 0.5) is 10.1 Å². The molecule has 1 heterocycles. The van der Waals surface area contributed by atoms with Crippen LogP contribution in [0.5, 0.6) is 0 Å². The molecule has 1 aliphatic heterocycles. The van der Waals surface area contributed by atoms with Gasteiger partial charge in [-0.05, 0) is 36.9 Å². The van der Waals surface area contributed by atoms with Gasteiger partial charge >= 0.3 is 0 Å². The summed E-state index contributed by atoms with van der Waals surface area (Å²) in [4.78, 5) is 4.51. The molecule has 0 unspecified atom stereocenters. The zero-order valence-electron chi connectivity index (χ0n) is 16.4. The second-order valence-corrected chi connectivity index (χ2v) is 9.99. The number of anilines is 1. The van der Waals surface area contributed by atoms with E-state index < -0.39 is 15.8 Å². The Hall–Kier alpha value is -1.38. The van der Waals surface area contributed by atoms with Crippen molar-refractivity contribution < 1.29 is 12.8 Å². The van der Waals surface area contributed by atoms with Gasteiger partial charge in [0.2, 0.25) is 10.0 Å². The minimum atomic E-state index is -3.48. The predicted molar refractivity (Wildman–Crippen MR) is 118 cm³/mol. The van der Waals surface area contributed by atoms with Crippen LogP contribution in [0, 0.1) is 5.82 Å². The number of benzene rings is 2. The smallest absolute Gasteiger partial charge is 0.232 e. The summed E-state index contributed by atoms with van der Waals surface area (Å²) in [6.07, 6.45) is 1.19. The molecule has 29 heavy (non-hydrogen) atoms. The summed E-state index contributed by atoms with van der Waals surface area (Å²) in [5.74, 6) is -0.533. The molecular weight excluding hydrogens is 436 g/mol. The largest absolute Gasteiger partial charge is 0.304 e. The second-order valence-electron chi connectivity index (χ2n) is 7.27. The maximum atomic E-state index is 13.8. The first-order chi connectivity index (χ1) is 13.6. The molecule has 158 valence electrons. The molecule has 0 bridgehead atoms. The van der Waals surface area contributed by atoms with Gasteiger partial charge in [0.25, 0.3) is 0 Å². The number of rotatable bonds is 6. The fourth-order valence-electron chi connectivity index (χ4n) is 3.35. The Kier molecular flexibility index (Phi) is 7.06. The molecule has 0 atom stereocenters. The van der Waals surface area contributed by atoms with Gasteiger partial charge in [-0.15, -0.1) is 0 Å². The Labute approximate surface area is 181 Å². The molecule has 0 amide bonds. The third-order valence-electron chi connectivity index (χ3n) is 5.09. The van der Waals surface area contributed by atoms with E-state index in [1.165, 1.54) is 22.7 Å². The third kappa shape index (κ3) is 5.61. The van der Waals surface area contributed by atoms with E-state index in [0.717, 1.165) is 26.2 Å². The van der Waals surface area contributed by atoms with E-state index in [1.54, 1.807) is 24.3 Å². The van der Waals surface area contributed by atoms with Crippen molar-refractivity contribution in [3.05, 3.63) is 52.3 Å². The zero-order valence-corrected chi connectivity index (χ0v) is 18.7. The lowest BCUT2D eigenvalue weighted by molar-refractivity contribution is 0.158. The number of hydrogen-bond acceptors (Lipinski definition) is 4. The van der Waals surface area contributed by atoms with Crippen LogP contribution in [-0.2, 0) is 10.0 Å². The van der Waals surface area contributed by atoms with Crippen LogP contribution in [0.2, 0.25) is 10.0 Å². The lowest BCUT2D eigenvalue weighted by Gasteiger charge is -2.34. The minimum Gasteiger partial charge on any atom is -0.304 e. The fourth-order valence-corrected chi connectivity index (χ4v) is 4.66. The van der Waals surface area contributed by atoms with Crippen LogP contribution in [0.3, 0.4) is 0 Å². The Morgan fingerprint density at radius 3 is 2.31 bits per heavy atom.